The molecule has 3 heterocycles. The first-order valence-electron chi connectivity index (χ1n) is 7.17. The maximum Gasteiger partial charge on any atom is 0.347 e. The van der Waals surface area contributed by atoms with Gasteiger partial charge in [0.25, 0.3) is 0 Å². The van der Waals surface area contributed by atoms with Crippen molar-refractivity contribution in [1.82, 2.24) is 4.40 Å². The van der Waals surface area contributed by atoms with Gasteiger partial charge in [0.15, 0.2) is 11.4 Å². The second kappa shape index (κ2) is 4.88. The summed E-state index contributed by atoms with van der Waals surface area (Å²) in [7, 11) is 0. The van der Waals surface area contributed by atoms with Crippen LogP contribution >= 0.6 is 0 Å². The highest BCUT2D eigenvalue weighted by Crippen LogP contribution is 2.27. The van der Waals surface area contributed by atoms with Crippen LogP contribution in [0.5, 0.6) is 0 Å². The number of aryl methyl sites for hydroxylation is 2. The van der Waals surface area contributed by atoms with Crippen molar-refractivity contribution in [3.05, 3.63) is 51.6 Å². The average Bonchev–Trinajstić information content (AvgIpc) is 2.77. The van der Waals surface area contributed by atoms with Gasteiger partial charge in [0.1, 0.15) is 5.56 Å². The van der Waals surface area contributed by atoms with Crippen molar-refractivity contribution >= 4 is 22.3 Å². The Labute approximate surface area is 122 Å². The fraction of sp³-hybridized carbons (Fsp3) is 0.294. The fourth-order valence-corrected chi connectivity index (χ4v) is 2.76. The van der Waals surface area contributed by atoms with E-state index in [9.17, 15) is 9.59 Å². The van der Waals surface area contributed by atoms with E-state index in [1.54, 1.807) is 6.07 Å². The summed E-state index contributed by atoms with van der Waals surface area (Å²) in [5, 5.41) is 0.819. The Morgan fingerprint density at radius 1 is 1.24 bits per heavy atom. The number of pyridine rings is 1. The zero-order chi connectivity index (χ0) is 15.1. The van der Waals surface area contributed by atoms with Crippen molar-refractivity contribution in [2.45, 2.75) is 33.6 Å². The van der Waals surface area contributed by atoms with Gasteiger partial charge in [0, 0.05) is 11.6 Å². The summed E-state index contributed by atoms with van der Waals surface area (Å²) in [5.41, 5.74) is 3.27. The summed E-state index contributed by atoms with van der Waals surface area (Å²) >= 11 is 0. The minimum absolute atomic E-state index is 0.109. The van der Waals surface area contributed by atoms with Gasteiger partial charge in [-0.15, -0.1) is 0 Å². The summed E-state index contributed by atoms with van der Waals surface area (Å²) in [6.45, 7) is 5.51. The van der Waals surface area contributed by atoms with Gasteiger partial charge in [-0.05, 0) is 37.5 Å². The molecule has 4 heteroatoms. The third-order valence-corrected chi connectivity index (χ3v) is 3.91. The lowest BCUT2D eigenvalue weighted by atomic mass is 10.1. The van der Waals surface area contributed by atoms with E-state index in [0.29, 0.717) is 5.58 Å². The van der Waals surface area contributed by atoms with Crippen LogP contribution in [-0.4, -0.2) is 10.2 Å². The van der Waals surface area contributed by atoms with Crippen molar-refractivity contribution in [3.8, 4) is 0 Å². The zero-order valence-electron chi connectivity index (χ0n) is 12.4. The lowest BCUT2D eigenvalue weighted by Gasteiger charge is -2.02. The number of aromatic nitrogens is 1. The lowest BCUT2D eigenvalue weighted by molar-refractivity contribution is 0.101. The first kappa shape index (κ1) is 13.6. The van der Waals surface area contributed by atoms with Crippen molar-refractivity contribution in [3.63, 3.8) is 0 Å². The number of ketones is 1. The standard InChI is InChI=1S/C17H17NO3/c1-4-11-6-7-15-13-8-12(10(3)19)17(20)21-16(13)14(5-2)18(15)9-11/h6-9H,4-5H2,1-3H3. The highest BCUT2D eigenvalue weighted by molar-refractivity contribution is 6.02. The van der Waals surface area contributed by atoms with Crippen LogP contribution in [0.3, 0.4) is 0 Å². The minimum Gasteiger partial charge on any atom is -0.420 e. The van der Waals surface area contributed by atoms with Crippen LogP contribution in [0.4, 0.5) is 0 Å². The molecule has 0 fully saturated rings. The molecule has 4 nitrogen and oxygen atoms in total. The number of nitrogens with zero attached hydrogens (tertiary/aromatic N) is 1. The number of hydrogen-bond acceptors (Lipinski definition) is 3. The normalized spacial score (nSPS) is 11.4. The van der Waals surface area contributed by atoms with E-state index in [4.69, 9.17) is 4.42 Å². The van der Waals surface area contributed by atoms with Gasteiger partial charge < -0.3 is 8.82 Å². The minimum atomic E-state index is -0.559. The van der Waals surface area contributed by atoms with Gasteiger partial charge in [-0.3, -0.25) is 4.79 Å². The predicted molar refractivity (Wildman–Crippen MR) is 82.2 cm³/mol. The maximum absolute atomic E-state index is 11.9. The summed E-state index contributed by atoms with van der Waals surface area (Å²) in [6.07, 6.45) is 3.76. The Morgan fingerprint density at radius 3 is 2.62 bits per heavy atom. The number of rotatable bonds is 3. The molecule has 0 atom stereocenters. The van der Waals surface area contributed by atoms with Crippen molar-refractivity contribution in [2.75, 3.05) is 0 Å². The van der Waals surface area contributed by atoms with Gasteiger partial charge >= 0.3 is 5.63 Å². The molecule has 0 bridgehead atoms. The van der Waals surface area contributed by atoms with Crippen LogP contribution in [0.15, 0.2) is 33.6 Å². The largest absolute Gasteiger partial charge is 0.420 e. The molecule has 0 aliphatic rings. The molecule has 21 heavy (non-hydrogen) atoms. The van der Waals surface area contributed by atoms with Gasteiger partial charge in [-0.1, -0.05) is 19.9 Å². The Hall–Kier alpha value is -2.36. The van der Waals surface area contributed by atoms with Crippen molar-refractivity contribution in [1.29, 1.82) is 0 Å². The fourth-order valence-electron chi connectivity index (χ4n) is 2.76. The Morgan fingerprint density at radius 2 is 2.00 bits per heavy atom. The summed E-state index contributed by atoms with van der Waals surface area (Å²) < 4.78 is 7.50. The van der Waals surface area contributed by atoms with Crippen molar-refractivity contribution in [2.24, 2.45) is 0 Å². The molecular weight excluding hydrogens is 266 g/mol. The number of Topliss-reactive ketones (excluding diaryl/α,β-unsaturated/α-hetero) is 1. The number of fused-ring (bicyclic) bond motifs is 3. The van der Waals surface area contributed by atoms with E-state index < -0.39 is 5.63 Å². The molecule has 0 aliphatic heterocycles. The second-order valence-corrected chi connectivity index (χ2v) is 5.19. The second-order valence-electron chi connectivity index (χ2n) is 5.19. The molecule has 0 unspecified atom stereocenters. The Balaban J connectivity index is 2.50. The predicted octanol–water partition coefficient (Wildman–Crippen LogP) is 3.37. The number of carbonyl (C=O) groups is 1. The van der Waals surface area contributed by atoms with Gasteiger partial charge in [-0.2, -0.15) is 0 Å². The molecule has 108 valence electrons. The molecule has 3 aromatic rings. The SMILES string of the molecule is CCc1ccc2c3cc(C(C)=O)c(=O)oc3c(CC)n2c1. The molecular formula is C17H17NO3. The molecule has 0 N–H and O–H groups in total. The third-order valence-electron chi connectivity index (χ3n) is 3.91. The molecule has 3 rings (SSSR count). The first-order valence-corrected chi connectivity index (χ1v) is 7.17. The number of carbonyl (C=O) groups excluding carboxylic acids is 1. The zero-order valence-corrected chi connectivity index (χ0v) is 12.4. The first-order chi connectivity index (χ1) is 10.1. The van der Waals surface area contributed by atoms with Crippen LogP contribution < -0.4 is 5.63 Å². The van der Waals surface area contributed by atoms with Crippen LogP contribution in [-0.2, 0) is 12.8 Å². The molecule has 0 amide bonds. The summed E-state index contributed by atoms with van der Waals surface area (Å²) in [5.74, 6) is -0.270. The van der Waals surface area contributed by atoms with E-state index in [0.717, 1.165) is 29.4 Å². The van der Waals surface area contributed by atoms with Gasteiger partial charge in [0.2, 0.25) is 0 Å². The quantitative estimate of drug-likeness (QED) is 0.692. The maximum atomic E-state index is 11.9. The molecule has 0 spiro atoms. The van der Waals surface area contributed by atoms with E-state index in [1.165, 1.54) is 12.5 Å². The molecule has 0 saturated heterocycles. The van der Waals surface area contributed by atoms with E-state index >= 15 is 0 Å². The molecule has 0 saturated carbocycles. The monoisotopic (exact) mass is 283 g/mol. The van der Waals surface area contributed by atoms with Crippen LogP contribution in [0.25, 0.3) is 16.5 Å². The Bertz CT molecular complexity index is 915. The average molecular weight is 283 g/mol. The third kappa shape index (κ3) is 1.98. The summed E-state index contributed by atoms with van der Waals surface area (Å²) in [6, 6.07) is 5.74. The van der Waals surface area contributed by atoms with Crippen molar-refractivity contribution < 1.29 is 9.21 Å². The molecule has 0 radical (unpaired) electrons. The molecule has 3 aromatic heterocycles. The van der Waals surface area contributed by atoms with Gasteiger partial charge in [-0.25, -0.2) is 4.79 Å². The highest BCUT2D eigenvalue weighted by atomic mass is 16.4. The smallest absolute Gasteiger partial charge is 0.347 e. The molecule has 0 aromatic carbocycles. The van der Waals surface area contributed by atoms with Crippen LogP contribution in [0, 0.1) is 0 Å². The molecule has 0 aliphatic carbocycles. The van der Waals surface area contributed by atoms with Crippen LogP contribution in [0.2, 0.25) is 0 Å². The van der Waals surface area contributed by atoms with E-state index in [1.807, 2.05) is 13.0 Å². The van der Waals surface area contributed by atoms with Crippen LogP contribution in [0.1, 0.15) is 42.4 Å². The van der Waals surface area contributed by atoms with E-state index in [-0.39, 0.29) is 11.3 Å². The van der Waals surface area contributed by atoms with E-state index in [2.05, 4.69) is 23.6 Å². The highest BCUT2D eigenvalue weighted by Gasteiger charge is 2.17. The topological polar surface area (TPSA) is 51.7 Å². The summed E-state index contributed by atoms with van der Waals surface area (Å²) in [4.78, 5) is 23.5. The number of hydrogen-bond donors (Lipinski definition) is 0. The van der Waals surface area contributed by atoms with Gasteiger partial charge in [0.05, 0.1) is 11.2 Å². The lowest BCUT2D eigenvalue weighted by Crippen LogP contribution is -2.10. The Kier molecular flexibility index (Phi) is 3.16.